The maximum atomic E-state index is 12.0. The molecule has 2 amide bonds. The minimum absolute atomic E-state index is 0.309. The van der Waals surface area contributed by atoms with E-state index in [2.05, 4.69) is 10.6 Å². The van der Waals surface area contributed by atoms with Crippen LogP contribution in [-0.2, 0) is 9.59 Å². The summed E-state index contributed by atoms with van der Waals surface area (Å²) in [4.78, 5) is 34.1. The summed E-state index contributed by atoms with van der Waals surface area (Å²) in [6.45, 7) is 3.25. The first-order valence-corrected chi connectivity index (χ1v) is 6.48. The molecule has 1 unspecified atom stereocenters. The minimum Gasteiger partial charge on any atom is -0.493 e. The van der Waals surface area contributed by atoms with Crippen molar-refractivity contribution in [3.05, 3.63) is 29.8 Å². The van der Waals surface area contributed by atoms with Crippen molar-refractivity contribution in [1.29, 1.82) is 0 Å². The van der Waals surface area contributed by atoms with Crippen LogP contribution in [0.15, 0.2) is 24.3 Å². The zero-order chi connectivity index (χ0) is 15.8. The molecule has 0 saturated carbocycles. The zero-order valence-corrected chi connectivity index (χ0v) is 11.9. The lowest BCUT2D eigenvalue weighted by Crippen LogP contribution is -2.44. The van der Waals surface area contributed by atoms with Gasteiger partial charge in [-0.3, -0.25) is 14.4 Å². The first-order valence-electron chi connectivity index (χ1n) is 6.48. The van der Waals surface area contributed by atoms with Crippen molar-refractivity contribution in [2.45, 2.75) is 19.9 Å². The number of rotatable bonds is 7. The van der Waals surface area contributed by atoms with E-state index < -0.39 is 23.8 Å². The molecular weight excluding hydrogens is 276 g/mol. The fourth-order valence-electron chi connectivity index (χ4n) is 1.55. The van der Waals surface area contributed by atoms with Crippen LogP contribution < -0.4 is 15.4 Å². The maximum Gasteiger partial charge on any atom is 0.325 e. The van der Waals surface area contributed by atoms with Gasteiger partial charge >= 0.3 is 5.97 Å². The predicted molar refractivity (Wildman–Crippen MR) is 75.2 cm³/mol. The number of hydrogen-bond donors (Lipinski definition) is 3. The van der Waals surface area contributed by atoms with Crippen LogP contribution in [0.4, 0.5) is 0 Å². The first-order chi connectivity index (χ1) is 9.95. The van der Waals surface area contributed by atoms with Crippen molar-refractivity contribution in [3.8, 4) is 5.75 Å². The summed E-state index contributed by atoms with van der Waals surface area (Å²) in [5, 5.41) is 13.3. The molecule has 7 heteroatoms. The van der Waals surface area contributed by atoms with Crippen LogP contribution in [0.1, 0.15) is 24.2 Å². The molecule has 3 N–H and O–H groups in total. The van der Waals surface area contributed by atoms with Gasteiger partial charge in [0.25, 0.3) is 5.91 Å². The summed E-state index contributed by atoms with van der Waals surface area (Å²) in [7, 11) is 0. The molecule has 1 aromatic rings. The Morgan fingerprint density at radius 2 is 1.95 bits per heavy atom. The Kier molecular flexibility index (Phi) is 6.19. The Morgan fingerprint density at radius 3 is 2.57 bits per heavy atom. The number of carboxylic acid groups (broad SMARTS) is 1. The van der Waals surface area contributed by atoms with E-state index in [0.29, 0.717) is 17.9 Å². The van der Waals surface area contributed by atoms with Gasteiger partial charge in [0.2, 0.25) is 5.91 Å². The van der Waals surface area contributed by atoms with Gasteiger partial charge in [-0.2, -0.15) is 0 Å². The van der Waals surface area contributed by atoms with Crippen molar-refractivity contribution in [2.24, 2.45) is 0 Å². The van der Waals surface area contributed by atoms with E-state index in [4.69, 9.17) is 9.84 Å². The second kappa shape index (κ2) is 7.88. The van der Waals surface area contributed by atoms with Crippen molar-refractivity contribution in [2.75, 3.05) is 13.2 Å². The number of hydrogen-bond acceptors (Lipinski definition) is 4. The Morgan fingerprint density at radius 1 is 1.29 bits per heavy atom. The minimum atomic E-state index is -1.14. The molecule has 0 bridgehead atoms. The molecule has 7 nitrogen and oxygen atoms in total. The van der Waals surface area contributed by atoms with Crippen LogP contribution in [-0.4, -0.2) is 42.1 Å². The number of ether oxygens (including phenoxy) is 1. The Bertz CT molecular complexity index is 530. The molecule has 0 aliphatic rings. The molecule has 0 aliphatic carbocycles. The number of benzene rings is 1. The van der Waals surface area contributed by atoms with E-state index >= 15 is 0 Å². The molecule has 0 radical (unpaired) electrons. The number of nitrogens with one attached hydrogen (secondary N) is 2. The Hall–Kier alpha value is -2.57. The average Bonchev–Trinajstić information content (AvgIpc) is 2.45. The second-order valence-corrected chi connectivity index (χ2v) is 4.24. The smallest absolute Gasteiger partial charge is 0.325 e. The Balaban J connectivity index is 2.58. The van der Waals surface area contributed by atoms with Crippen LogP contribution >= 0.6 is 0 Å². The molecule has 0 heterocycles. The van der Waals surface area contributed by atoms with E-state index in [-0.39, 0.29) is 6.54 Å². The lowest BCUT2D eigenvalue weighted by Gasteiger charge is -2.12. The van der Waals surface area contributed by atoms with Crippen molar-refractivity contribution < 1.29 is 24.2 Å². The topological polar surface area (TPSA) is 105 Å². The molecular formula is C14H18N2O5. The Labute approximate surface area is 122 Å². The van der Waals surface area contributed by atoms with Crippen LogP contribution in [0.3, 0.4) is 0 Å². The lowest BCUT2D eigenvalue weighted by molar-refractivity contribution is -0.141. The number of carboxylic acids is 1. The molecule has 1 atom stereocenters. The third kappa shape index (κ3) is 5.13. The van der Waals surface area contributed by atoms with E-state index in [1.165, 1.54) is 6.92 Å². The van der Waals surface area contributed by atoms with E-state index in [1.54, 1.807) is 31.2 Å². The zero-order valence-electron chi connectivity index (χ0n) is 11.9. The molecule has 114 valence electrons. The van der Waals surface area contributed by atoms with Gasteiger partial charge in [-0.1, -0.05) is 12.1 Å². The van der Waals surface area contributed by atoms with Crippen molar-refractivity contribution in [3.63, 3.8) is 0 Å². The van der Waals surface area contributed by atoms with Gasteiger partial charge in [0.05, 0.1) is 18.7 Å². The summed E-state index contributed by atoms with van der Waals surface area (Å²) >= 11 is 0. The van der Waals surface area contributed by atoms with Gasteiger partial charge < -0.3 is 20.5 Å². The summed E-state index contributed by atoms with van der Waals surface area (Å²) in [5.74, 6) is -1.75. The third-order valence-electron chi connectivity index (χ3n) is 2.59. The summed E-state index contributed by atoms with van der Waals surface area (Å²) < 4.78 is 5.32. The average molecular weight is 294 g/mol. The predicted octanol–water partition coefficient (Wildman–Crippen LogP) is 0.404. The monoisotopic (exact) mass is 294 g/mol. The normalized spacial score (nSPS) is 11.3. The largest absolute Gasteiger partial charge is 0.493 e. The summed E-state index contributed by atoms with van der Waals surface area (Å²) in [5.41, 5.74) is 0.318. The molecule has 0 saturated heterocycles. The number of aliphatic carboxylic acids is 1. The number of para-hydroxylation sites is 1. The quantitative estimate of drug-likeness (QED) is 0.675. The SMILES string of the molecule is CCOc1ccccc1C(=O)NCC(=O)NC(C)C(=O)O. The molecule has 0 spiro atoms. The highest BCUT2D eigenvalue weighted by Gasteiger charge is 2.16. The second-order valence-electron chi connectivity index (χ2n) is 4.24. The summed E-state index contributed by atoms with van der Waals surface area (Å²) in [6.07, 6.45) is 0. The number of amides is 2. The van der Waals surface area contributed by atoms with Crippen molar-refractivity contribution in [1.82, 2.24) is 10.6 Å². The number of carbonyl (C=O) groups excluding carboxylic acids is 2. The highest BCUT2D eigenvalue weighted by molar-refractivity contribution is 5.99. The highest BCUT2D eigenvalue weighted by Crippen LogP contribution is 2.17. The summed E-state index contributed by atoms with van der Waals surface area (Å²) in [6, 6.07) is 5.65. The molecule has 1 rings (SSSR count). The van der Waals surface area contributed by atoms with Crippen LogP contribution in [0.25, 0.3) is 0 Å². The third-order valence-corrected chi connectivity index (χ3v) is 2.59. The van der Waals surface area contributed by atoms with Gasteiger partial charge in [0.15, 0.2) is 0 Å². The van der Waals surface area contributed by atoms with Crippen LogP contribution in [0.2, 0.25) is 0 Å². The van der Waals surface area contributed by atoms with E-state index in [1.807, 2.05) is 0 Å². The molecule has 1 aromatic carbocycles. The van der Waals surface area contributed by atoms with Gasteiger partial charge in [0.1, 0.15) is 11.8 Å². The van der Waals surface area contributed by atoms with Gasteiger partial charge in [-0.15, -0.1) is 0 Å². The van der Waals surface area contributed by atoms with E-state index in [0.717, 1.165) is 0 Å². The van der Waals surface area contributed by atoms with E-state index in [9.17, 15) is 14.4 Å². The van der Waals surface area contributed by atoms with Gasteiger partial charge in [-0.05, 0) is 26.0 Å². The molecule has 0 fully saturated rings. The molecule has 21 heavy (non-hydrogen) atoms. The van der Waals surface area contributed by atoms with Crippen LogP contribution in [0, 0.1) is 0 Å². The van der Waals surface area contributed by atoms with Gasteiger partial charge in [0, 0.05) is 0 Å². The highest BCUT2D eigenvalue weighted by atomic mass is 16.5. The molecule has 0 aliphatic heterocycles. The molecule has 0 aromatic heterocycles. The van der Waals surface area contributed by atoms with Gasteiger partial charge in [-0.25, -0.2) is 0 Å². The van der Waals surface area contributed by atoms with Crippen molar-refractivity contribution >= 4 is 17.8 Å². The first kappa shape index (κ1) is 16.5. The fourth-order valence-corrected chi connectivity index (χ4v) is 1.55. The fraction of sp³-hybridized carbons (Fsp3) is 0.357. The van der Waals surface area contributed by atoms with Crippen LogP contribution in [0.5, 0.6) is 5.75 Å². The maximum absolute atomic E-state index is 12.0. The lowest BCUT2D eigenvalue weighted by atomic mass is 10.2. The number of carbonyl (C=O) groups is 3. The standard InChI is InChI=1S/C14H18N2O5/c1-3-21-11-7-5-4-6-10(11)13(18)15-8-12(17)16-9(2)14(19)20/h4-7,9H,3,8H2,1-2H3,(H,15,18)(H,16,17)(H,19,20).